The molecule has 0 saturated heterocycles. The predicted molar refractivity (Wildman–Crippen MR) is 56.9 cm³/mol. The van der Waals surface area contributed by atoms with Crippen molar-refractivity contribution in [2.24, 2.45) is 0 Å². The number of carbonyl (C=O) groups excluding carboxylic acids is 1. The lowest BCUT2D eigenvalue weighted by Gasteiger charge is -2.10. The predicted octanol–water partition coefficient (Wildman–Crippen LogP) is 1.81. The molecule has 1 rings (SSSR count). The van der Waals surface area contributed by atoms with Crippen LogP contribution in [0.3, 0.4) is 0 Å². The molecule has 6 heteroatoms. The molecule has 0 aliphatic heterocycles. The van der Waals surface area contributed by atoms with Crippen molar-refractivity contribution >= 4 is 29.5 Å². The zero-order valence-electron chi connectivity index (χ0n) is 7.69. The van der Waals surface area contributed by atoms with E-state index in [1.165, 1.54) is 6.07 Å². The lowest BCUT2D eigenvalue weighted by molar-refractivity contribution is 0.0918. The molecule has 0 spiro atoms. The molecule has 0 aliphatic rings. The number of benzene rings is 1. The average Bonchev–Trinajstić information content (AvgIpc) is 2.25. The minimum atomic E-state index is -0.577. The molecule has 0 unspecified atom stereocenters. The molecule has 0 aliphatic carbocycles. The normalized spacial score (nSPS) is 9.80. The van der Waals surface area contributed by atoms with Crippen molar-refractivity contribution in [3.63, 3.8) is 0 Å². The second-order valence-electron chi connectivity index (χ2n) is 2.61. The summed E-state index contributed by atoms with van der Waals surface area (Å²) in [6, 6.07) is 6.50. The van der Waals surface area contributed by atoms with Crippen LogP contribution in [0.2, 0.25) is 0 Å². The number of ether oxygens (including phenoxy) is 1. The van der Waals surface area contributed by atoms with Crippen molar-refractivity contribution in [2.75, 3.05) is 13.2 Å². The number of hydrogen-bond donors (Lipinski definition) is 1. The van der Waals surface area contributed by atoms with E-state index in [4.69, 9.17) is 33.4 Å². The van der Waals surface area contributed by atoms with Gasteiger partial charge in [-0.2, -0.15) is 3.94 Å². The van der Waals surface area contributed by atoms with E-state index in [9.17, 15) is 4.79 Å². The van der Waals surface area contributed by atoms with Gasteiger partial charge in [0.1, 0.15) is 12.4 Å². The summed E-state index contributed by atoms with van der Waals surface area (Å²) in [6.45, 7) is -0.0249. The monoisotopic (exact) mass is 249 g/mol. The Balaban J connectivity index is 2.90. The Bertz CT molecular complexity index is 344. The van der Waals surface area contributed by atoms with Gasteiger partial charge in [0.25, 0.3) is 5.91 Å². The van der Waals surface area contributed by atoms with Gasteiger partial charge < -0.3 is 9.84 Å². The Labute approximate surface area is 97.2 Å². The molecule has 15 heavy (non-hydrogen) atoms. The summed E-state index contributed by atoms with van der Waals surface area (Å²) in [5.41, 5.74) is 0.246. The van der Waals surface area contributed by atoms with Crippen LogP contribution >= 0.6 is 23.6 Å². The highest BCUT2D eigenvalue weighted by atomic mass is 35.5. The van der Waals surface area contributed by atoms with Crippen LogP contribution in [0.5, 0.6) is 5.75 Å². The van der Waals surface area contributed by atoms with Gasteiger partial charge in [-0.05, 0) is 12.1 Å². The fourth-order valence-electron chi connectivity index (χ4n) is 1.02. The Morgan fingerprint density at radius 1 is 1.40 bits per heavy atom. The third-order valence-corrected chi connectivity index (χ3v) is 1.93. The van der Waals surface area contributed by atoms with E-state index >= 15 is 0 Å². The van der Waals surface area contributed by atoms with Gasteiger partial charge in [0.15, 0.2) is 0 Å². The number of carbonyl (C=O) groups is 1. The maximum Gasteiger partial charge on any atom is 0.287 e. The number of para-hydroxylation sites is 1. The first kappa shape index (κ1) is 12.1. The Morgan fingerprint density at radius 3 is 2.67 bits per heavy atom. The highest BCUT2D eigenvalue weighted by Crippen LogP contribution is 2.21. The smallest absolute Gasteiger partial charge is 0.287 e. The van der Waals surface area contributed by atoms with Crippen molar-refractivity contribution in [3.05, 3.63) is 29.8 Å². The van der Waals surface area contributed by atoms with Gasteiger partial charge in [-0.25, -0.2) is 0 Å². The van der Waals surface area contributed by atoms with Crippen LogP contribution in [-0.2, 0) is 0 Å². The molecule has 0 heterocycles. The van der Waals surface area contributed by atoms with E-state index in [-0.39, 0.29) is 18.8 Å². The van der Waals surface area contributed by atoms with Crippen LogP contribution in [0.25, 0.3) is 0 Å². The van der Waals surface area contributed by atoms with Crippen molar-refractivity contribution < 1.29 is 14.6 Å². The van der Waals surface area contributed by atoms with Crippen LogP contribution in [0.15, 0.2) is 24.3 Å². The largest absolute Gasteiger partial charge is 0.490 e. The zero-order valence-corrected chi connectivity index (χ0v) is 9.20. The molecule has 1 aromatic rings. The maximum absolute atomic E-state index is 11.4. The third kappa shape index (κ3) is 3.27. The Kier molecular flexibility index (Phi) is 4.68. The maximum atomic E-state index is 11.4. The molecule has 1 amide bonds. The summed E-state index contributed by atoms with van der Waals surface area (Å²) in [5, 5.41) is 8.59. The molecule has 0 saturated carbocycles. The van der Waals surface area contributed by atoms with Crippen LogP contribution in [0, 0.1) is 0 Å². The van der Waals surface area contributed by atoms with Crippen molar-refractivity contribution in [3.8, 4) is 5.75 Å². The Hall–Kier alpha value is -0.970. The summed E-state index contributed by atoms with van der Waals surface area (Å²) in [5.74, 6) is -0.241. The summed E-state index contributed by atoms with van der Waals surface area (Å²) in [6.07, 6.45) is 0. The summed E-state index contributed by atoms with van der Waals surface area (Å²) >= 11 is 10.6. The fourth-order valence-corrected chi connectivity index (χ4v) is 1.20. The second kappa shape index (κ2) is 5.80. The molecule has 82 valence electrons. The van der Waals surface area contributed by atoms with Crippen LogP contribution in [-0.4, -0.2) is 28.2 Å². The molecule has 0 radical (unpaired) electrons. The first-order valence-corrected chi connectivity index (χ1v) is 4.83. The highest BCUT2D eigenvalue weighted by Gasteiger charge is 2.16. The molecule has 1 N–H and O–H groups in total. The SMILES string of the molecule is O=C(c1ccccc1OCCO)N(Cl)Cl. The zero-order chi connectivity index (χ0) is 11.3. The lowest BCUT2D eigenvalue weighted by atomic mass is 10.2. The molecular weight excluding hydrogens is 241 g/mol. The van der Waals surface area contributed by atoms with E-state index in [2.05, 4.69) is 0 Å². The highest BCUT2D eigenvalue weighted by molar-refractivity contribution is 6.43. The molecule has 0 fully saturated rings. The van der Waals surface area contributed by atoms with Gasteiger partial charge in [-0.15, -0.1) is 0 Å². The number of aliphatic hydroxyl groups is 1. The quantitative estimate of drug-likeness (QED) is 0.829. The molecule has 4 nitrogen and oxygen atoms in total. The average molecular weight is 250 g/mol. The van der Waals surface area contributed by atoms with Gasteiger partial charge in [-0.1, -0.05) is 12.1 Å². The molecule has 0 bridgehead atoms. The van der Waals surface area contributed by atoms with E-state index in [1.54, 1.807) is 18.2 Å². The van der Waals surface area contributed by atoms with Crippen molar-refractivity contribution in [1.82, 2.24) is 3.94 Å². The van der Waals surface area contributed by atoms with Crippen molar-refractivity contribution in [2.45, 2.75) is 0 Å². The first-order chi connectivity index (χ1) is 7.16. The van der Waals surface area contributed by atoms with Gasteiger partial charge >= 0.3 is 0 Å². The van der Waals surface area contributed by atoms with E-state index in [0.717, 1.165) is 0 Å². The molecule has 0 aromatic heterocycles. The van der Waals surface area contributed by atoms with Gasteiger partial charge in [-0.3, -0.25) is 4.79 Å². The fraction of sp³-hybridized carbons (Fsp3) is 0.222. The van der Waals surface area contributed by atoms with Gasteiger partial charge in [0, 0.05) is 23.6 Å². The van der Waals surface area contributed by atoms with Crippen LogP contribution in [0.4, 0.5) is 0 Å². The molecule has 0 atom stereocenters. The number of rotatable bonds is 4. The van der Waals surface area contributed by atoms with Gasteiger partial charge in [0.2, 0.25) is 0 Å². The standard InChI is InChI=1S/C9H9Cl2NO3/c10-12(11)9(14)7-3-1-2-4-8(7)15-6-5-13/h1-4,13H,5-6H2. The minimum absolute atomic E-state index is 0.106. The van der Waals surface area contributed by atoms with Crippen LogP contribution < -0.4 is 4.74 Å². The van der Waals surface area contributed by atoms with E-state index < -0.39 is 5.91 Å². The lowest BCUT2D eigenvalue weighted by Crippen LogP contribution is -2.14. The Morgan fingerprint density at radius 2 is 2.07 bits per heavy atom. The number of aliphatic hydroxyl groups excluding tert-OH is 1. The number of amides is 1. The summed E-state index contributed by atoms with van der Waals surface area (Å²) < 4.78 is 5.57. The number of halogens is 2. The summed E-state index contributed by atoms with van der Waals surface area (Å²) in [4.78, 5) is 11.4. The molecular formula is C9H9Cl2NO3. The van der Waals surface area contributed by atoms with Crippen LogP contribution in [0.1, 0.15) is 10.4 Å². The third-order valence-electron chi connectivity index (χ3n) is 1.62. The van der Waals surface area contributed by atoms with E-state index in [0.29, 0.717) is 9.69 Å². The van der Waals surface area contributed by atoms with E-state index in [1.807, 2.05) is 0 Å². The summed E-state index contributed by atoms with van der Waals surface area (Å²) in [7, 11) is 0. The minimum Gasteiger partial charge on any atom is -0.490 e. The second-order valence-corrected chi connectivity index (χ2v) is 3.46. The topological polar surface area (TPSA) is 49.8 Å². The number of hydrogen-bond acceptors (Lipinski definition) is 3. The molecule has 1 aromatic carbocycles. The first-order valence-electron chi connectivity index (χ1n) is 4.15. The number of nitrogens with zero attached hydrogens (tertiary/aromatic N) is 1. The van der Waals surface area contributed by atoms with Gasteiger partial charge in [0.05, 0.1) is 12.2 Å². The van der Waals surface area contributed by atoms with Crippen molar-refractivity contribution in [1.29, 1.82) is 0 Å².